The van der Waals surface area contributed by atoms with Gasteiger partial charge in [-0.25, -0.2) is 4.98 Å². The number of pyridine rings is 1. The molecule has 0 spiro atoms. The smallest absolute Gasteiger partial charge is 0.148 e. The van der Waals surface area contributed by atoms with E-state index in [-0.39, 0.29) is 0 Å². The van der Waals surface area contributed by atoms with Crippen LogP contribution in [0.1, 0.15) is 31.1 Å². The number of hydrogen-bond acceptors (Lipinski definition) is 4. The summed E-state index contributed by atoms with van der Waals surface area (Å²) >= 11 is 6.45. The van der Waals surface area contributed by atoms with Gasteiger partial charge in [0, 0.05) is 18.8 Å². The Morgan fingerprint density at radius 3 is 2.95 bits per heavy atom. The highest BCUT2D eigenvalue weighted by Crippen LogP contribution is 2.35. The van der Waals surface area contributed by atoms with E-state index >= 15 is 0 Å². The molecule has 1 N–H and O–H groups in total. The van der Waals surface area contributed by atoms with Crippen molar-refractivity contribution in [3.63, 3.8) is 0 Å². The molecule has 0 radical (unpaired) electrons. The number of hydrogen-bond donors (Lipinski definition) is 1. The van der Waals surface area contributed by atoms with Crippen LogP contribution in [-0.4, -0.2) is 17.6 Å². The second kappa shape index (κ2) is 6.50. The average Bonchev–Trinajstić information content (AvgIpc) is 3.20. The van der Waals surface area contributed by atoms with Crippen LogP contribution in [0, 0.1) is 0 Å². The van der Waals surface area contributed by atoms with Gasteiger partial charge in [-0.05, 0) is 43.1 Å². The van der Waals surface area contributed by atoms with E-state index in [1.807, 2.05) is 24.4 Å². The fourth-order valence-corrected chi connectivity index (χ4v) is 2.68. The van der Waals surface area contributed by atoms with Gasteiger partial charge in [0.1, 0.15) is 11.6 Å². The lowest BCUT2D eigenvalue weighted by molar-refractivity contribution is 0.500. The minimum atomic E-state index is 0.528. The first kappa shape index (κ1) is 14.4. The van der Waals surface area contributed by atoms with Crippen LogP contribution in [0.5, 0.6) is 0 Å². The normalized spacial score (nSPS) is 14.4. The highest BCUT2D eigenvalue weighted by molar-refractivity contribution is 6.33. The topological polar surface area (TPSA) is 41.3 Å². The Kier molecular flexibility index (Phi) is 4.46. The summed E-state index contributed by atoms with van der Waals surface area (Å²) in [6.45, 7) is 4.54. The van der Waals surface area contributed by atoms with Gasteiger partial charge in [0.05, 0.1) is 17.8 Å². The van der Waals surface area contributed by atoms with Crippen molar-refractivity contribution in [2.24, 2.45) is 0 Å². The van der Waals surface area contributed by atoms with Crippen molar-refractivity contribution in [1.29, 1.82) is 0 Å². The van der Waals surface area contributed by atoms with E-state index < -0.39 is 0 Å². The molecule has 0 bridgehead atoms. The molecule has 0 atom stereocenters. The fraction of sp³-hybridized carbons (Fsp3) is 0.438. The monoisotopic (exact) mass is 305 g/mol. The van der Waals surface area contributed by atoms with Crippen LogP contribution in [0.15, 0.2) is 35.1 Å². The van der Waals surface area contributed by atoms with Crippen molar-refractivity contribution in [1.82, 2.24) is 10.3 Å². The fourth-order valence-electron chi connectivity index (χ4n) is 2.38. The minimum Gasteiger partial charge on any atom is -0.467 e. The predicted octanol–water partition coefficient (Wildman–Crippen LogP) is 3.61. The van der Waals surface area contributed by atoms with Gasteiger partial charge in [-0.3, -0.25) is 0 Å². The zero-order valence-corrected chi connectivity index (χ0v) is 12.9. The minimum absolute atomic E-state index is 0.528. The van der Waals surface area contributed by atoms with Crippen LogP contribution in [0.4, 0.5) is 5.82 Å². The maximum atomic E-state index is 6.45. The van der Waals surface area contributed by atoms with Gasteiger partial charge in [-0.2, -0.15) is 0 Å². The summed E-state index contributed by atoms with van der Waals surface area (Å²) in [5.74, 6) is 1.80. The Labute approximate surface area is 130 Å². The Bertz CT molecular complexity index is 581. The van der Waals surface area contributed by atoms with Gasteiger partial charge in [0.2, 0.25) is 0 Å². The van der Waals surface area contributed by atoms with Crippen molar-refractivity contribution in [3.05, 3.63) is 47.0 Å². The number of anilines is 1. The highest BCUT2D eigenvalue weighted by Gasteiger charge is 2.31. The van der Waals surface area contributed by atoms with Gasteiger partial charge >= 0.3 is 0 Å². The van der Waals surface area contributed by atoms with E-state index in [0.29, 0.717) is 11.1 Å². The molecule has 0 saturated heterocycles. The molecular weight excluding hydrogens is 286 g/mol. The summed E-state index contributed by atoms with van der Waals surface area (Å²) < 4.78 is 5.46. The van der Waals surface area contributed by atoms with Crippen LogP contribution in [0.2, 0.25) is 5.02 Å². The maximum absolute atomic E-state index is 6.45. The molecule has 4 nitrogen and oxygen atoms in total. The van der Waals surface area contributed by atoms with E-state index in [2.05, 4.69) is 22.1 Å². The lowest BCUT2D eigenvalue weighted by Crippen LogP contribution is -2.26. The van der Waals surface area contributed by atoms with Gasteiger partial charge in [-0.1, -0.05) is 18.5 Å². The molecule has 0 aromatic carbocycles. The molecule has 1 saturated carbocycles. The molecule has 2 aromatic rings. The molecule has 0 unspecified atom stereocenters. The first-order chi connectivity index (χ1) is 10.3. The number of rotatable bonds is 7. The lowest BCUT2D eigenvalue weighted by Gasteiger charge is -2.23. The van der Waals surface area contributed by atoms with Crippen molar-refractivity contribution >= 4 is 17.4 Å². The summed E-state index contributed by atoms with van der Waals surface area (Å²) in [5.41, 5.74) is 1.11. The molecule has 2 heterocycles. The van der Waals surface area contributed by atoms with E-state index in [0.717, 1.165) is 36.8 Å². The van der Waals surface area contributed by atoms with E-state index in [9.17, 15) is 0 Å². The first-order valence-electron chi connectivity index (χ1n) is 7.42. The third-order valence-electron chi connectivity index (χ3n) is 3.62. The third-order valence-corrected chi connectivity index (χ3v) is 3.90. The van der Waals surface area contributed by atoms with Crippen LogP contribution in [-0.2, 0) is 13.1 Å². The molecule has 5 heteroatoms. The van der Waals surface area contributed by atoms with Crippen LogP contribution in [0.3, 0.4) is 0 Å². The Balaban J connectivity index is 1.79. The lowest BCUT2D eigenvalue weighted by atomic mass is 10.2. The number of nitrogens with zero attached hydrogens (tertiary/aromatic N) is 2. The highest BCUT2D eigenvalue weighted by atomic mass is 35.5. The maximum Gasteiger partial charge on any atom is 0.148 e. The second-order valence-corrected chi connectivity index (χ2v) is 5.77. The third kappa shape index (κ3) is 3.57. The van der Waals surface area contributed by atoms with Crippen LogP contribution >= 0.6 is 11.6 Å². The van der Waals surface area contributed by atoms with Gasteiger partial charge in [-0.15, -0.1) is 0 Å². The first-order valence-corrected chi connectivity index (χ1v) is 7.80. The van der Waals surface area contributed by atoms with Gasteiger partial charge in [0.25, 0.3) is 0 Å². The second-order valence-electron chi connectivity index (χ2n) is 5.37. The van der Waals surface area contributed by atoms with Crippen molar-refractivity contribution in [2.75, 3.05) is 11.4 Å². The summed E-state index contributed by atoms with van der Waals surface area (Å²) in [4.78, 5) is 6.83. The summed E-state index contributed by atoms with van der Waals surface area (Å²) in [5, 5.41) is 4.00. The van der Waals surface area contributed by atoms with Gasteiger partial charge < -0.3 is 14.6 Å². The summed E-state index contributed by atoms with van der Waals surface area (Å²) in [7, 11) is 0. The molecule has 21 heavy (non-hydrogen) atoms. The molecular formula is C16H20ClN3O. The zero-order chi connectivity index (χ0) is 14.7. The SMILES string of the molecule is CCNCc1cnc(N(Cc2ccco2)C2CC2)c(Cl)c1. The number of aromatic nitrogens is 1. The van der Waals surface area contributed by atoms with Gasteiger partial charge in [0.15, 0.2) is 0 Å². The van der Waals surface area contributed by atoms with Crippen LogP contribution < -0.4 is 10.2 Å². The largest absolute Gasteiger partial charge is 0.467 e. The summed E-state index contributed by atoms with van der Waals surface area (Å²) in [6.07, 6.45) is 5.99. The zero-order valence-electron chi connectivity index (χ0n) is 12.2. The van der Waals surface area contributed by atoms with Crippen molar-refractivity contribution in [2.45, 2.75) is 38.9 Å². The van der Waals surface area contributed by atoms with E-state index in [4.69, 9.17) is 16.0 Å². The molecule has 0 amide bonds. The molecule has 1 aliphatic carbocycles. The van der Waals surface area contributed by atoms with E-state index in [1.165, 1.54) is 12.8 Å². The standard InChI is InChI=1S/C16H20ClN3O/c1-2-18-9-12-8-15(17)16(19-10-12)20(13-5-6-13)11-14-4-3-7-21-14/h3-4,7-8,10,13,18H,2,5-6,9,11H2,1H3. The predicted molar refractivity (Wildman–Crippen MR) is 84.5 cm³/mol. The van der Waals surface area contributed by atoms with Crippen molar-refractivity contribution < 1.29 is 4.42 Å². The molecule has 3 rings (SSSR count). The molecule has 2 aromatic heterocycles. The van der Waals surface area contributed by atoms with E-state index in [1.54, 1.807) is 6.26 Å². The average molecular weight is 306 g/mol. The molecule has 1 fully saturated rings. The molecule has 1 aliphatic rings. The quantitative estimate of drug-likeness (QED) is 0.848. The molecule has 112 valence electrons. The number of furan rings is 1. The number of halogens is 1. The van der Waals surface area contributed by atoms with Crippen LogP contribution in [0.25, 0.3) is 0 Å². The van der Waals surface area contributed by atoms with Crippen molar-refractivity contribution in [3.8, 4) is 0 Å². The number of nitrogens with one attached hydrogen (secondary N) is 1. The Morgan fingerprint density at radius 2 is 2.33 bits per heavy atom. The Hall–Kier alpha value is -1.52. The summed E-state index contributed by atoms with van der Waals surface area (Å²) in [6, 6.07) is 6.43. The Morgan fingerprint density at radius 1 is 1.48 bits per heavy atom. The molecule has 0 aliphatic heterocycles.